The third-order valence-electron chi connectivity index (χ3n) is 1.61. The maximum atomic E-state index is 12.1. The minimum absolute atomic E-state index is 0.180. The summed E-state index contributed by atoms with van der Waals surface area (Å²) in [7, 11) is 0. The van der Waals surface area contributed by atoms with Gasteiger partial charge in [0.05, 0.1) is 0 Å². The molecule has 2 N–H and O–H groups in total. The summed E-state index contributed by atoms with van der Waals surface area (Å²) in [4.78, 5) is 10.9. The van der Waals surface area contributed by atoms with Gasteiger partial charge in [-0.2, -0.15) is 13.2 Å². The van der Waals surface area contributed by atoms with Gasteiger partial charge in [-0.3, -0.25) is 4.79 Å². The number of hydrogen-bond donors (Lipinski definition) is 1. The average molecular weight is 199 g/mol. The molecule has 0 heterocycles. The molecule has 0 aliphatic heterocycles. The van der Waals surface area contributed by atoms with E-state index in [1.54, 1.807) is 6.92 Å². The summed E-state index contributed by atoms with van der Waals surface area (Å²) in [5.41, 5.74) is 2.01. The Morgan fingerprint density at radius 1 is 1.46 bits per heavy atom. The molecule has 0 radical (unpaired) electrons. The molecule has 0 saturated carbocycles. The molecule has 0 aromatic heterocycles. The van der Waals surface area contributed by atoms with E-state index in [1.807, 2.05) is 0 Å². The second kappa shape index (κ2) is 4.06. The van der Waals surface area contributed by atoms with E-state index in [9.17, 15) is 18.0 Å². The van der Waals surface area contributed by atoms with E-state index < -0.39 is 24.1 Å². The van der Waals surface area contributed by atoms with Crippen molar-refractivity contribution in [2.24, 2.45) is 5.73 Å². The van der Waals surface area contributed by atoms with Crippen LogP contribution in [0.5, 0.6) is 0 Å². The Hall–Kier alpha value is -0.620. The highest BCUT2D eigenvalue weighted by molar-refractivity contribution is 5.89. The van der Waals surface area contributed by atoms with Gasteiger partial charge in [0.1, 0.15) is 6.61 Å². The van der Waals surface area contributed by atoms with E-state index in [1.165, 1.54) is 0 Å². The topological polar surface area (TPSA) is 52.3 Å². The first-order valence-corrected chi connectivity index (χ1v) is 3.70. The summed E-state index contributed by atoms with van der Waals surface area (Å²) in [5, 5.41) is 0. The van der Waals surface area contributed by atoms with Crippen molar-refractivity contribution in [3.8, 4) is 0 Å². The summed E-state index contributed by atoms with van der Waals surface area (Å²) in [6.07, 6.45) is -4.73. The average Bonchev–Trinajstić information content (AvgIpc) is 1.97. The van der Waals surface area contributed by atoms with E-state index >= 15 is 0 Å². The smallest absolute Gasteiger partial charge is 0.374 e. The van der Waals surface area contributed by atoms with Crippen LogP contribution in [0, 0.1) is 0 Å². The zero-order valence-electron chi connectivity index (χ0n) is 7.44. The van der Waals surface area contributed by atoms with Crippen LogP contribution in [0.2, 0.25) is 0 Å². The fourth-order valence-electron chi connectivity index (χ4n) is 0.503. The minimum Gasteiger partial charge on any atom is -0.374 e. The van der Waals surface area contributed by atoms with Gasteiger partial charge in [0.2, 0.25) is 0 Å². The Labute approximate surface area is 74.0 Å². The van der Waals surface area contributed by atoms with Crippen molar-refractivity contribution in [1.29, 1.82) is 0 Å². The Kier molecular flexibility index (Phi) is 3.87. The molecule has 0 aromatic carbocycles. The minimum atomic E-state index is -4.73. The van der Waals surface area contributed by atoms with Gasteiger partial charge in [0.25, 0.3) is 0 Å². The summed E-state index contributed by atoms with van der Waals surface area (Å²) >= 11 is 0. The molecule has 13 heavy (non-hydrogen) atoms. The number of nitrogens with two attached hydrogens (primary N) is 1. The van der Waals surface area contributed by atoms with Crippen molar-refractivity contribution < 1.29 is 22.7 Å². The van der Waals surface area contributed by atoms with Crippen LogP contribution in [0.3, 0.4) is 0 Å². The predicted octanol–water partition coefficient (Wildman–Crippen LogP) is 0.872. The van der Waals surface area contributed by atoms with Gasteiger partial charge in [-0.15, -0.1) is 0 Å². The monoisotopic (exact) mass is 199 g/mol. The molecular formula is C7H12F3NO2. The van der Waals surface area contributed by atoms with E-state index in [2.05, 4.69) is 4.74 Å². The van der Waals surface area contributed by atoms with Crippen LogP contribution in [-0.4, -0.2) is 30.7 Å². The van der Waals surface area contributed by atoms with Crippen LogP contribution in [-0.2, 0) is 9.53 Å². The number of alkyl halides is 3. The number of carbonyl (C=O) groups excluding carboxylic acids is 1. The maximum Gasteiger partial charge on any atom is 0.413 e. The molecule has 0 amide bonds. The summed E-state index contributed by atoms with van der Waals surface area (Å²) < 4.78 is 40.9. The third-order valence-corrected chi connectivity index (χ3v) is 1.61. The Morgan fingerprint density at radius 2 is 1.92 bits per heavy atom. The highest BCUT2D eigenvalue weighted by Gasteiger charge is 2.53. The Balaban J connectivity index is 4.37. The van der Waals surface area contributed by atoms with Crippen molar-refractivity contribution >= 4 is 5.78 Å². The van der Waals surface area contributed by atoms with Crippen LogP contribution in [0.4, 0.5) is 13.2 Å². The maximum absolute atomic E-state index is 12.1. The number of Topliss-reactive ketones (excluding diaryl/α,β-unsaturated/α-hetero) is 1. The predicted molar refractivity (Wildman–Crippen MR) is 40.1 cm³/mol. The number of ether oxygens (including phenoxy) is 1. The van der Waals surface area contributed by atoms with Crippen LogP contribution in [0.1, 0.15) is 13.8 Å². The third kappa shape index (κ3) is 2.96. The number of halogens is 3. The highest BCUT2D eigenvalue weighted by atomic mass is 19.4. The molecule has 0 rings (SSSR count). The zero-order chi connectivity index (χ0) is 10.7. The van der Waals surface area contributed by atoms with E-state index in [0.717, 1.165) is 0 Å². The van der Waals surface area contributed by atoms with Gasteiger partial charge in [0.15, 0.2) is 11.3 Å². The van der Waals surface area contributed by atoms with E-state index in [0.29, 0.717) is 6.92 Å². The van der Waals surface area contributed by atoms with Crippen molar-refractivity contribution in [3.63, 3.8) is 0 Å². The number of rotatable bonds is 4. The lowest BCUT2D eigenvalue weighted by Gasteiger charge is -2.25. The fraction of sp³-hybridized carbons (Fsp3) is 0.857. The van der Waals surface area contributed by atoms with Crippen molar-refractivity contribution in [1.82, 2.24) is 0 Å². The van der Waals surface area contributed by atoms with Gasteiger partial charge in [-0.25, -0.2) is 0 Å². The molecule has 0 fully saturated rings. The normalized spacial score (nSPS) is 16.8. The molecule has 3 nitrogen and oxygen atoms in total. The molecule has 0 aliphatic rings. The van der Waals surface area contributed by atoms with Crippen LogP contribution in [0.25, 0.3) is 0 Å². The number of hydrogen-bond acceptors (Lipinski definition) is 3. The Morgan fingerprint density at radius 3 is 2.23 bits per heavy atom. The lowest BCUT2D eigenvalue weighted by atomic mass is 9.98. The SMILES string of the molecule is CCOCC(=O)C(C)(N)C(F)(F)F. The molecule has 0 spiro atoms. The Bertz CT molecular complexity index is 189. The van der Waals surface area contributed by atoms with Crippen LogP contribution >= 0.6 is 0 Å². The second-order valence-corrected chi connectivity index (χ2v) is 2.76. The van der Waals surface area contributed by atoms with Crippen molar-refractivity contribution in [2.75, 3.05) is 13.2 Å². The zero-order valence-corrected chi connectivity index (χ0v) is 7.44. The van der Waals surface area contributed by atoms with Crippen LogP contribution in [0.15, 0.2) is 0 Å². The molecule has 0 aliphatic carbocycles. The van der Waals surface area contributed by atoms with Gasteiger partial charge < -0.3 is 10.5 Å². The van der Waals surface area contributed by atoms with E-state index in [-0.39, 0.29) is 6.61 Å². The first-order chi connectivity index (χ1) is 5.73. The molecule has 78 valence electrons. The fourth-order valence-corrected chi connectivity index (χ4v) is 0.503. The summed E-state index contributed by atoms with van der Waals surface area (Å²) in [6.45, 7) is 1.78. The molecule has 6 heteroatoms. The van der Waals surface area contributed by atoms with Crippen molar-refractivity contribution in [3.05, 3.63) is 0 Å². The van der Waals surface area contributed by atoms with Crippen molar-refractivity contribution in [2.45, 2.75) is 25.6 Å². The molecular weight excluding hydrogens is 187 g/mol. The van der Waals surface area contributed by atoms with Gasteiger partial charge >= 0.3 is 6.18 Å². The van der Waals surface area contributed by atoms with Gasteiger partial charge in [-0.05, 0) is 13.8 Å². The first-order valence-electron chi connectivity index (χ1n) is 3.70. The quantitative estimate of drug-likeness (QED) is 0.730. The summed E-state index contributed by atoms with van der Waals surface area (Å²) in [6, 6.07) is 0. The highest BCUT2D eigenvalue weighted by Crippen LogP contribution is 2.28. The lowest BCUT2D eigenvalue weighted by Crippen LogP contribution is -2.58. The molecule has 0 bridgehead atoms. The number of ketones is 1. The van der Waals surface area contributed by atoms with Crippen LogP contribution < -0.4 is 5.73 Å². The standard InChI is InChI=1S/C7H12F3NO2/c1-3-13-4-5(12)6(2,11)7(8,9)10/h3-4,11H2,1-2H3. The van der Waals surface area contributed by atoms with E-state index in [4.69, 9.17) is 5.73 Å². The summed E-state index contributed by atoms with van der Waals surface area (Å²) in [5.74, 6) is -1.16. The molecule has 1 atom stereocenters. The van der Waals surface area contributed by atoms with Gasteiger partial charge in [0, 0.05) is 6.61 Å². The second-order valence-electron chi connectivity index (χ2n) is 2.76. The molecule has 1 unspecified atom stereocenters. The lowest BCUT2D eigenvalue weighted by molar-refractivity contribution is -0.188. The molecule has 0 aromatic rings. The van der Waals surface area contributed by atoms with Gasteiger partial charge in [-0.1, -0.05) is 0 Å². The first kappa shape index (κ1) is 12.4. The molecule has 0 saturated heterocycles. The largest absolute Gasteiger partial charge is 0.413 e. The number of carbonyl (C=O) groups is 1.